The largest absolute Gasteiger partial charge is 0.454 e. The SMILES string of the molecule is CCCn1nnnc1COC(=O)c1ccccc1Br. The summed E-state index contributed by atoms with van der Waals surface area (Å²) < 4.78 is 7.54. The summed E-state index contributed by atoms with van der Waals surface area (Å²) in [5.41, 5.74) is 0.483. The fraction of sp³-hybridized carbons (Fsp3) is 0.333. The Kier molecular flexibility index (Phi) is 4.62. The van der Waals surface area contributed by atoms with Crippen LogP contribution < -0.4 is 0 Å². The molecule has 0 saturated carbocycles. The molecule has 0 unspecified atom stereocenters. The van der Waals surface area contributed by atoms with E-state index in [1.54, 1.807) is 22.9 Å². The molecule has 0 aliphatic rings. The number of ether oxygens (including phenoxy) is 1. The van der Waals surface area contributed by atoms with E-state index in [0.717, 1.165) is 6.42 Å². The van der Waals surface area contributed by atoms with Crippen LogP contribution in [0.1, 0.15) is 29.5 Å². The lowest BCUT2D eigenvalue weighted by Crippen LogP contribution is -2.11. The number of carbonyl (C=O) groups excluding carboxylic acids is 1. The molecule has 0 fully saturated rings. The van der Waals surface area contributed by atoms with Crippen molar-refractivity contribution in [3.05, 3.63) is 40.1 Å². The van der Waals surface area contributed by atoms with Gasteiger partial charge in [-0.05, 0) is 44.9 Å². The molecule has 0 saturated heterocycles. The van der Waals surface area contributed by atoms with E-state index < -0.39 is 5.97 Å². The Morgan fingerprint density at radius 3 is 2.95 bits per heavy atom. The molecular formula is C12H13BrN4O2. The second kappa shape index (κ2) is 6.42. The number of benzene rings is 1. The van der Waals surface area contributed by atoms with Crippen LogP contribution in [0.3, 0.4) is 0 Å². The summed E-state index contributed by atoms with van der Waals surface area (Å²) in [6, 6.07) is 7.10. The second-order valence-corrected chi connectivity index (χ2v) is 4.73. The van der Waals surface area contributed by atoms with Gasteiger partial charge in [-0.3, -0.25) is 0 Å². The third-order valence-corrected chi connectivity index (χ3v) is 3.16. The van der Waals surface area contributed by atoms with Crippen molar-refractivity contribution >= 4 is 21.9 Å². The smallest absolute Gasteiger partial charge is 0.339 e. The van der Waals surface area contributed by atoms with Crippen molar-refractivity contribution in [3.8, 4) is 0 Å². The summed E-state index contributed by atoms with van der Waals surface area (Å²) in [5.74, 6) is 0.140. The fourth-order valence-corrected chi connectivity index (χ4v) is 1.99. The molecule has 0 aliphatic carbocycles. The van der Waals surface area contributed by atoms with E-state index in [9.17, 15) is 4.79 Å². The molecule has 1 heterocycles. The molecule has 1 aromatic carbocycles. The lowest BCUT2D eigenvalue weighted by molar-refractivity contribution is 0.0455. The monoisotopic (exact) mass is 324 g/mol. The van der Waals surface area contributed by atoms with Gasteiger partial charge in [0.25, 0.3) is 0 Å². The van der Waals surface area contributed by atoms with Gasteiger partial charge < -0.3 is 4.74 Å². The number of carbonyl (C=O) groups is 1. The van der Waals surface area contributed by atoms with E-state index in [-0.39, 0.29) is 6.61 Å². The van der Waals surface area contributed by atoms with Gasteiger partial charge in [-0.2, -0.15) is 0 Å². The van der Waals surface area contributed by atoms with Gasteiger partial charge in [0.05, 0.1) is 5.56 Å². The van der Waals surface area contributed by atoms with Crippen LogP contribution in [0.4, 0.5) is 0 Å². The average Bonchev–Trinajstić information content (AvgIpc) is 2.84. The van der Waals surface area contributed by atoms with Crippen LogP contribution >= 0.6 is 15.9 Å². The van der Waals surface area contributed by atoms with Gasteiger partial charge in [-0.15, -0.1) is 5.10 Å². The molecule has 0 amide bonds. The van der Waals surface area contributed by atoms with E-state index in [4.69, 9.17) is 4.74 Å². The molecule has 0 N–H and O–H groups in total. The van der Waals surface area contributed by atoms with E-state index >= 15 is 0 Å². The van der Waals surface area contributed by atoms with Crippen molar-refractivity contribution in [2.24, 2.45) is 0 Å². The van der Waals surface area contributed by atoms with Crippen molar-refractivity contribution in [1.29, 1.82) is 0 Å². The Morgan fingerprint density at radius 1 is 1.42 bits per heavy atom. The molecule has 1 aromatic heterocycles. The molecule has 0 bridgehead atoms. The summed E-state index contributed by atoms with van der Waals surface area (Å²) >= 11 is 3.31. The second-order valence-electron chi connectivity index (χ2n) is 3.87. The molecule has 0 radical (unpaired) electrons. The molecule has 2 aromatic rings. The minimum Gasteiger partial charge on any atom is -0.454 e. The summed E-state index contributed by atoms with van der Waals surface area (Å²) in [4.78, 5) is 11.9. The number of esters is 1. The molecule has 100 valence electrons. The third kappa shape index (κ3) is 3.37. The number of nitrogens with zero attached hydrogens (tertiary/aromatic N) is 4. The predicted molar refractivity (Wildman–Crippen MR) is 71.4 cm³/mol. The van der Waals surface area contributed by atoms with Crippen LogP contribution in [0.15, 0.2) is 28.7 Å². The number of aryl methyl sites for hydroxylation is 1. The van der Waals surface area contributed by atoms with E-state index in [2.05, 4.69) is 31.5 Å². The van der Waals surface area contributed by atoms with Gasteiger partial charge in [0.2, 0.25) is 0 Å². The molecule has 6 nitrogen and oxygen atoms in total. The zero-order chi connectivity index (χ0) is 13.7. The Balaban J connectivity index is 2.01. The fourth-order valence-electron chi connectivity index (χ4n) is 1.55. The normalized spacial score (nSPS) is 10.4. The highest BCUT2D eigenvalue weighted by molar-refractivity contribution is 9.10. The van der Waals surface area contributed by atoms with Crippen molar-refractivity contribution in [3.63, 3.8) is 0 Å². The maximum absolute atomic E-state index is 11.9. The zero-order valence-electron chi connectivity index (χ0n) is 10.4. The van der Waals surface area contributed by atoms with Crippen molar-refractivity contribution in [1.82, 2.24) is 20.2 Å². The first-order valence-electron chi connectivity index (χ1n) is 5.89. The zero-order valence-corrected chi connectivity index (χ0v) is 12.0. The first-order valence-corrected chi connectivity index (χ1v) is 6.68. The van der Waals surface area contributed by atoms with E-state index in [1.807, 2.05) is 13.0 Å². The highest BCUT2D eigenvalue weighted by Gasteiger charge is 2.13. The van der Waals surface area contributed by atoms with Crippen LogP contribution in [-0.2, 0) is 17.9 Å². The van der Waals surface area contributed by atoms with Crippen molar-refractivity contribution in [2.75, 3.05) is 0 Å². The number of halogens is 1. The first-order chi connectivity index (χ1) is 9.22. The van der Waals surface area contributed by atoms with Crippen molar-refractivity contribution < 1.29 is 9.53 Å². The number of hydrogen-bond donors (Lipinski definition) is 0. The lowest BCUT2D eigenvalue weighted by Gasteiger charge is -2.06. The summed E-state index contributed by atoms with van der Waals surface area (Å²) in [7, 11) is 0. The Morgan fingerprint density at radius 2 is 2.21 bits per heavy atom. The van der Waals surface area contributed by atoms with Gasteiger partial charge in [-0.1, -0.05) is 19.1 Å². The van der Waals surface area contributed by atoms with Crippen LogP contribution in [-0.4, -0.2) is 26.2 Å². The molecule has 7 heteroatoms. The number of tetrazole rings is 1. The molecule has 0 spiro atoms. The van der Waals surface area contributed by atoms with Gasteiger partial charge >= 0.3 is 5.97 Å². The Hall–Kier alpha value is -1.76. The van der Waals surface area contributed by atoms with Gasteiger partial charge in [0, 0.05) is 11.0 Å². The summed E-state index contributed by atoms with van der Waals surface area (Å²) in [6.07, 6.45) is 0.913. The van der Waals surface area contributed by atoms with Crippen LogP contribution in [0.2, 0.25) is 0 Å². The Bertz CT molecular complexity index is 570. The maximum Gasteiger partial charge on any atom is 0.339 e. The summed E-state index contributed by atoms with van der Waals surface area (Å²) in [6.45, 7) is 2.79. The minimum atomic E-state index is -0.404. The predicted octanol–water partition coefficient (Wildman–Crippen LogP) is 2.20. The van der Waals surface area contributed by atoms with Crippen LogP contribution in [0.25, 0.3) is 0 Å². The Labute approximate surface area is 118 Å². The van der Waals surface area contributed by atoms with Crippen LogP contribution in [0, 0.1) is 0 Å². The molecular weight excluding hydrogens is 312 g/mol. The highest BCUT2D eigenvalue weighted by atomic mass is 79.9. The topological polar surface area (TPSA) is 69.9 Å². The molecule has 0 aliphatic heterocycles. The van der Waals surface area contributed by atoms with Crippen LogP contribution in [0.5, 0.6) is 0 Å². The number of aromatic nitrogens is 4. The lowest BCUT2D eigenvalue weighted by atomic mass is 10.2. The first kappa shape index (κ1) is 13.7. The third-order valence-electron chi connectivity index (χ3n) is 2.47. The maximum atomic E-state index is 11.9. The standard InChI is InChI=1S/C12H13BrN4O2/c1-2-7-17-11(14-15-16-17)8-19-12(18)9-5-3-4-6-10(9)13/h3-6H,2,7-8H2,1H3. The van der Waals surface area contributed by atoms with Gasteiger partial charge in [0.15, 0.2) is 12.4 Å². The van der Waals surface area contributed by atoms with Gasteiger partial charge in [-0.25, -0.2) is 9.48 Å². The molecule has 0 atom stereocenters. The quantitative estimate of drug-likeness (QED) is 0.788. The molecule has 2 rings (SSSR count). The minimum absolute atomic E-state index is 0.0627. The van der Waals surface area contributed by atoms with Gasteiger partial charge in [0.1, 0.15) is 0 Å². The van der Waals surface area contributed by atoms with E-state index in [0.29, 0.717) is 22.4 Å². The van der Waals surface area contributed by atoms with E-state index in [1.165, 1.54) is 0 Å². The van der Waals surface area contributed by atoms with Crippen molar-refractivity contribution in [2.45, 2.75) is 26.5 Å². The summed E-state index contributed by atoms with van der Waals surface area (Å²) in [5, 5.41) is 11.2. The molecule has 19 heavy (non-hydrogen) atoms. The average molecular weight is 325 g/mol. The number of hydrogen-bond acceptors (Lipinski definition) is 5. The highest BCUT2D eigenvalue weighted by Crippen LogP contribution is 2.17. The number of rotatable bonds is 5.